The lowest BCUT2D eigenvalue weighted by molar-refractivity contribution is 0.205. The Morgan fingerprint density at radius 1 is 1.33 bits per heavy atom. The van der Waals surface area contributed by atoms with E-state index >= 15 is 0 Å². The van der Waals surface area contributed by atoms with Crippen LogP contribution in [0.5, 0.6) is 0 Å². The average Bonchev–Trinajstić information content (AvgIpc) is 2.81. The molecule has 0 bridgehead atoms. The molecular formula is C11H21N3O. The van der Waals surface area contributed by atoms with Crippen LogP contribution in [0, 0.1) is 5.41 Å². The van der Waals surface area contributed by atoms with Gasteiger partial charge in [0.2, 0.25) is 0 Å². The summed E-state index contributed by atoms with van der Waals surface area (Å²) in [5.74, 6) is 0. The molecule has 1 aliphatic carbocycles. The molecule has 2 amide bonds. The summed E-state index contributed by atoms with van der Waals surface area (Å²) in [7, 11) is 0. The maximum atomic E-state index is 11.7. The highest BCUT2D eigenvalue weighted by molar-refractivity contribution is 5.74. The molecule has 0 radical (unpaired) electrons. The molecule has 1 aliphatic heterocycles. The molecule has 1 heterocycles. The number of carbonyl (C=O) groups is 1. The molecule has 0 aromatic carbocycles. The van der Waals surface area contributed by atoms with E-state index in [1.54, 1.807) is 0 Å². The number of nitrogens with two attached hydrogens (primary N) is 1. The van der Waals surface area contributed by atoms with Crippen molar-refractivity contribution in [3.63, 3.8) is 0 Å². The Balaban J connectivity index is 1.70. The number of amides is 2. The highest BCUT2D eigenvalue weighted by atomic mass is 16.2. The van der Waals surface area contributed by atoms with E-state index in [4.69, 9.17) is 5.73 Å². The van der Waals surface area contributed by atoms with Gasteiger partial charge in [-0.15, -0.1) is 0 Å². The van der Waals surface area contributed by atoms with Crippen molar-refractivity contribution in [1.29, 1.82) is 0 Å². The minimum Gasteiger partial charge on any atom is -0.337 e. The molecule has 0 spiro atoms. The Bertz CT molecular complexity index is 232. The quantitative estimate of drug-likeness (QED) is 0.726. The number of urea groups is 1. The van der Waals surface area contributed by atoms with Gasteiger partial charge >= 0.3 is 6.03 Å². The molecule has 2 rings (SSSR count). The van der Waals surface area contributed by atoms with Crippen molar-refractivity contribution >= 4 is 6.03 Å². The van der Waals surface area contributed by atoms with E-state index in [1.165, 1.54) is 12.8 Å². The predicted octanol–water partition coefficient (Wildman–Crippen LogP) is 0.921. The zero-order valence-corrected chi connectivity index (χ0v) is 9.30. The standard InChI is InChI=1S/C11H21N3O/c12-6-5-11(3-4-11)9-13-10(15)14-7-1-2-8-14/h1-9,12H2,(H,13,15). The van der Waals surface area contributed by atoms with Crippen LogP contribution >= 0.6 is 0 Å². The topological polar surface area (TPSA) is 58.4 Å². The lowest BCUT2D eigenvalue weighted by Gasteiger charge is -2.19. The van der Waals surface area contributed by atoms with Crippen LogP contribution in [0.15, 0.2) is 0 Å². The maximum absolute atomic E-state index is 11.7. The fourth-order valence-corrected chi connectivity index (χ4v) is 2.29. The summed E-state index contributed by atoms with van der Waals surface area (Å²) in [6, 6.07) is 0.121. The summed E-state index contributed by atoms with van der Waals surface area (Å²) < 4.78 is 0. The van der Waals surface area contributed by atoms with Gasteiger partial charge in [-0.1, -0.05) is 0 Å². The van der Waals surface area contributed by atoms with Crippen LogP contribution in [0.25, 0.3) is 0 Å². The van der Waals surface area contributed by atoms with E-state index in [0.717, 1.165) is 45.4 Å². The second-order valence-electron chi connectivity index (χ2n) is 4.89. The van der Waals surface area contributed by atoms with Crippen LogP contribution in [-0.2, 0) is 0 Å². The van der Waals surface area contributed by atoms with Gasteiger partial charge in [-0.05, 0) is 44.1 Å². The molecule has 1 saturated heterocycles. The van der Waals surface area contributed by atoms with Crippen molar-refractivity contribution in [3.8, 4) is 0 Å². The zero-order valence-electron chi connectivity index (χ0n) is 9.30. The molecule has 0 aromatic rings. The molecule has 2 fully saturated rings. The summed E-state index contributed by atoms with van der Waals surface area (Å²) in [6.07, 6.45) is 5.81. The van der Waals surface area contributed by atoms with Gasteiger partial charge in [0.25, 0.3) is 0 Å². The predicted molar refractivity (Wildman–Crippen MR) is 59.5 cm³/mol. The van der Waals surface area contributed by atoms with Gasteiger partial charge in [-0.2, -0.15) is 0 Å². The summed E-state index contributed by atoms with van der Waals surface area (Å²) in [5, 5.41) is 3.04. The molecule has 15 heavy (non-hydrogen) atoms. The number of nitrogens with one attached hydrogen (secondary N) is 1. The summed E-state index contributed by atoms with van der Waals surface area (Å²) in [5.41, 5.74) is 5.91. The van der Waals surface area contributed by atoms with E-state index in [1.807, 2.05) is 4.90 Å². The minimum absolute atomic E-state index is 0.121. The molecule has 4 nitrogen and oxygen atoms in total. The Hall–Kier alpha value is -0.770. The van der Waals surface area contributed by atoms with Crippen LogP contribution in [-0.4, -0.2) is 37.1 Å². The molecular weight excluding hydrogens is 190 g/mol. The number of rotatable bonds is 4. The molecule has 4 heteroatoms. The Kier molecular flexibility index (Phi) is 3.14. The van der Waals surface area contributed by atoms with Gasteiger partial charge in [0.05, 0.1) is 0 Å². The van der Waals surface area contributed by atoms with Gasteiger partial charge in [-0.3, -0.25) is 0 Å². The Morgan fingerprint density at radius 3 is 2.53 bits per heavy atom. The van der Waals surface area contributed by atoms with Crippen molar-refractivity contribution in [2.45, 2.75) is 32.1 Å². The monoisotopic (exact) mass is 211 g/mol. The number of carbonyl (C=O) groups excluding carboxylic acids is 1. The van der Waals surface area contributed by atoms with Gasteiger partial charge in [0, 0.05) is 19.6 Å². The van der Waals surface area contributed by atoms with Gasteiger partial charge in [-0.25, -0.2) is 4.79 Å². The summed E-state index contributed by atoms with van der Waals surface area (Å²) >= 11 is 0. The smallest absolute Gasteiger partial charge is 0.317 e. The number of hydrogen-bond acceptors (Lipinski definition) is 2. The molecule has 0 atom stereocenters. The van der Waals surface area contributed by atoms with Crippen molar-refractivity contribution in [3.05, 3.63) is 0 Å². The largest absolute Gasteiger partial charge is 0.337 e. The van der Waals surface area contributed by atoms with E-state index in [2.05, 4.69) is 5.32 Å². The van der Waals surface area contributed by atoms with Crippen LogP contribution in [0.3, 0.4) is 0 Å². The highest BCUT2D eigenvalue weighted by Gasteiger charge is 2.41. The van der Waals surface area contributed by atoms with Gasteiger partial charge in [0.15, 0.2) is 0 Å². The molecule has 0 aromatic heterocycles. The fourth-order valence-electron chi connectivity index (χ4n) is 2.29. The van der Waals surface area contributed by atoms with Crippen LogP contribution in [0.2, 0.25) is 0 Å². The Labute approximate surface area is 91.2 Å². The zero-order chi connectivity index (χ0) is 10.7. The van der Waals surface area contributed by atoms with E-state index in [9.17, 15) is 4.79 Å². The van der Waals surface area contributed by atoms with Crippen molar-refractivity contribution < 1.29 is 4.79 Å². The number of hydrogen-bond donors (Lipinski definition) is 2. The highest BCUT2D eigenvalue weighted by Crippen LogP contribution is 2.47. The lowest BCUT2D eigenvalue weighted by Crippen LogP contribution is -2.40. The molecule has 0 unspecified atom stereocenters. The SMILES string of the molecule is NCCC1(CNC(=O)N2CCCC2)CC1. The second kappa shape index (κ2) is 4.39. The van der Waals surface area contributed by atoms with Crippen molar-refractivity contribution in [1.82, 2.24) is 10.2 Å². The van der Waals surface area contributed by atoms with E-state index in [0.29, 0.717) is 5.41 Å². The third-order valence-electron chi connectivity index (χ3n) is 3.64. The third kappa shape index (κ3) is 2.62. The van der Waals surface area contributed by atoms with Crippen molar-refractivity contribution in [2.24, 2.45) is 11.1 Å². The molecule has 2 aliphatic rings. The van der Waals surface area contributed by atoms with Gasteiger partial charge in [0.1, 0.15) is 0 Å². The first-order valence-corrected chi connectivity index (χ1v) is 5.99. The maximum Gasteiger partial charge on any atom is 0.317 e. The Morgan fingerprint density at radius 2 is 2.00 bits per heavy atom. The minimum atomic E-state index is 0.121. The van der Waals surface area contributed by atoms with Gasteiger partial charge < -0.3 is 16.0 Å². The van der Waals surface area contributed by atoms with Crippen LogP contribution < -0.4 is 11.1 Å². The third-order valence-corrected chi connectivity index (χ3v) is 3.64. The number of nitrogens with zero attached hydrogens (tertiary/aromatic N) is 1. The van der Waals surface area contributed by atoms with Crippen LogP contribution in [0.4, 0.5) is 4.79 Å². The van der Waals surface area contributed by atoms with Crippen LogP contribution in [0.1, 0.15) is 32.1 Å². The first-order valence-electron chi connectivity index (χ1n) is 5.99. The van der Waals surface area contributed by atoms with E-state index in [-0.39, 0.29) is 6.03 Å². The lowest BCUT2D eigenvalue weighted by atomic mass is 10.0. The second-order valence-corrected chi connectivity index (χ2v) is 4.89. The first-order chi connectivity index (χ1) is 7.26. The first kappa shape index (κ1) is 10.7. The van der Waals surface area contributed by atoms with Crippen molar-refractivity contribution in [2.75, 3.05) is 26.2 Å². The number of likely N-dealkylation sites (tertiary alicyclic amines) is 1. The summed E-state index contributed by atoms with van der Waals surface area (Å²) in [6.45, 7) is 3.41. The summed E-state index contributed by atoms with van der Waals surface area (Å²) in [4.78, 5) is 13.6. The molecule has 1 saturated carbocycles. The average molecular weight is 211 g/mol. The molecule has 3 N–H and O–H groups in total. The normalized spacial score (nSPS) is 22.9. The van der Waals surface area contributed by atoms with E-state index < -0.39 is 0 Å². The fraction of sp³-hybridized carbons (Fsp3) is 0.909. The molecule has 86 valence electrons.